The van der Waals surface area contributed by atoms with Crippen LogP contribution in [0.25, 0.3) is 22.0 Å². The Morgan fingerprint density at radius 3 is 2.82 bits per heavy atom. The molecule has 0 amide bonds. The second kappa shape index (κ2) is 3.20. The molecule has 2 aromatic heterocycles. The number of rotatable bonds is 1. The van der Waals surface area contributed by atoms with Crippen molar-refractivity contribution in [1.82, 2.24) is 9.97 Å². The zero-order valence-electron chi connectivity index (χ0n) is 8.98. The first-order valence-electron chi connectivity index (χ1n) is 5.67. The van der Waals surface area contributed by atoms with Gasteiger partial charge >= 0.3 is 0 Å². The van der Waals surface area contributed by atoms with Crippen molar-refractivity contribution < 1.29 is 4.42 Å². The lowest BCUT2D eigenvalue weighted by Crippen LogP contribution is -1.82. The van der Waals surface area contributed by atoms with Crippen LogP contribution in [-0.2, 0) is 0 Å². The molecule has 0 saturated heterocycles. The predicted molar refractivity (Wildman–Crippen MR) is 66.3 cm³/mol. The molecule has 1 aromatic carbocycles. The summed E-state index contributed by atoms with van der Waals surface area (Å²) in [6, 6.07) is 7.83. The third-order valence-corrected chi connectivity index (χ3v) is 3.40. The molecule has 0 unspecified atom stereocenters. The topological polar surface area (TPSA) is 38.9 Å². The average Bonchev–Trinajstić information content (AvgIpc) is 3.09. The molecular weight excluding hydrogens is 236 g/mol. The molecule has 4 heteroatoms. The summed E-state index contributed by atoms with van der Waals surface area (Å²) in [6.45, 7) is 0. The Balaban J connectivity index is 2.15. The minimum absolute atomic E-state index is 0.425. The maximum Gasteiger partial charge on any atom is 0.198 e. The van der Waals surface area contributed by atoms with Gasteiger partial charge in [-0.05, 0) is 25.0 Å². The molecule has 0 radical (unpaired) electrons. The Morgan fingerprint density at radius 2 is 2.00 bits per heavy atom. The van der Waals surface area contributed by atoms with Crippen molar-refractivity contribution in [3.05, 3.63) is 35.3 Å². The van der Waals surface area contributed by atoms with Crippen LogP contribution < -0.4 is 0 Å². The summed E-state index contributed by atoms with van der Waals surface area (Å²) in [5.74, 6) is 1.29. The van der Waals surface area contributed by atoms with Gasteiger partial charge in [0.25, 0.3) is 0 Å². The van der Waals surface area contributed by atoms with E-state index in [4.69, 9.17) is 16.0 Å². The molecule has 3 aromatic rings. The minimum atomic E-state index is 0.425. The molecule has 0 bridgehead atoms. The Kier molecular flexibility index (Phi) is 1.77. The molecule has 0 spiro atoms. The fourth-order valence-electron chi connectivity index (χ4n) is 2.09. The van der Waals surface area contributed by atoms with Crippen molar-refractivity contribution in [3.63, 3.8) is 0 Å². The predicted octanol–water partition coefficient (Wildman–Crippen LogP) is 3.91. The summed E-state index contributed by atoms with van der Waals surface area (Å²) in [6.07, 6.45) is 2.33. The van der Waals surface area contributed by atoms with Gasteiger partial charge in [-0.25, -0.2) is 9.97 Å². The zero-order chi connectivity index (χ0) is 11.4. The third kappa shape index (κ3) is 1.35. The summed E-state index contributed by atoms with van der Waals surface area (Å²) in [7, 11) is 0. The SMILES string of the molecule is Clc1nc2ccccc2c2oc(C3CC3)nc12. The number of fused-ring (bicyclic) bond motifs is 3. The van der Waals surface area contributed by atoms with Gasteiger partial charge in [0, 0.05) is 11.3 Å². The quantitative estimate of drug-likeness (QED) is 0.609. The standard InChI is InChI=1S/C13H9ClN2O/c14-12-10-11(17-13(16-10)7-5-6-7)8-3-1-2-4-9(8)15-12/h1-4,7H,5-6H2. The van der Waals surface area contributed by atoms with Crippen LogP contribution in [0.2, 0.25) is 5.15 Å². The molecule has 1 aliphatic carbocycles. The molecule has 1 saturated carbocycles. The third-order valence-electron chi connectivity index (χ3n) is 3.13. The molecule has 3 nitrogen and oxygen atoms in total. The van der Waals surface area contributed by atoms with E-state index in [0.717, 1.165) is 35.2 Å². The first-order valence-corrected chi connectivity index (χ1v) is 6.05. The van der Waals surface area contributed by atoms with Crippen molar-refractivity contribution >= 4 is 33.6 Å². The molecule has 0 N–H and O–H groups in total. The fourth-order valence-corrected chi connectivity index (χ4v) is 2.30. The number of nitrogens with zero attached hydrogens (tertiary/aromatic N) is 2. The summed E-state index contributed by atoms with van der Waals surface area (Å²) >= 11 is 6.14. The fraction of sp³-hybridized carbons (Fsp3) is 0.231. The lowest BCUT2D eigenvalue weighted by Gasteiger charge is -1.97. The van der Waals surface area contributed by atoms with Gasteiger partial charge in [-0.3, -0.25) is 0 Å². The first-order chi connectivity index (χ1) is 8.33. The highest BCUT2D eigenvalue weighted by Gasteiger charge is 2.29. The summed E-state index contributed by atoms with van der Waals surface area (Å²) in [5, 5.41) is 1.40. The van der Waals surface area contributed by atoms with Gasteiger partial charge in [-0.2, -0.15) is 0 Å². The van der Waals surface area contributed by atoms with E-state index in [-0.39, 0.29) is 0 Å². The van der Waals surface area contributed by atoms with Crippen molar-refractivity contribution in [2.24, 2.45) is 0 Å². The van der Waals surface area contributed by atoms with E-state index in [1.54, 1.807) is 0 Å². The normalized spacial score (nSPS) is 15.8. The molecule has 4 rings (SSSR count). The maximum absolute atomic E-state index is 6.14. The number of para-hydroxylation sites is 1. The number of hydrogen-bond acceptors (Lipinski definition) is 3. The number of benzene rings is 1. The molecule has 0 aliphatic heterocycles. The summed E-state index contributed by atoms with van der Waals surface area (Å²) < 4.78 is 5.85. The lowest BCUT2D eigenvalue weighted by atomic mass is 10.2. The molecular formula is C13H9ClN2O. The second-order valence-electron chi connectivity index (χ2n) is 4.42. The summed E-state index contributed by atoms with van der Waals surface area (Å²) in [5.41, 5.74) is 2.30. The zero-order valence-corrected chi connectivity index (χ0v) is 9.74. The van der Waals surface area contributed by atoms with Crippen LogP contribution in [0.5, 0.6) is 0 Å². The van der Waals surface area contributed by atoms with Gasteiger partial charge in [-0.15, -0.1) is 0 Å². The Labute approximate surface area is 102 Å². The number of aromatic nitrogens is 2. The van der Waals surface area contributed by atoms with Crippen LogP contribution in [0.1, 0.15) is 24.7 Å². The number of hydrogen-bond donors (Lipinski definition) is 0. The van der Waals surface area contributed by atoms with E-state index < -0.39 is 0 Å². The highest BCUT2D eigenvalue weighted by atomic mass is 35.5. The average molecular weight is 245 g/mol. The molecule has 1 aliphatic rings. The van der Waals surface area contributed by atoms with E-state index in [0.29, 0.717) is 16.6 Å². The van der Waals surface area contributed by atoms with Crippen molar-refractivity contribution in [3.8, 4) is 0 Å². The van der Waals surface area contributed by atoms with Gasteiger partial charge in [0.1, 0.15) is 5.52 Å². The highest BCUT2D eigenvalue weighted by Crippen LogP contribution is 2.42. The van der Waals surface area contributed by atoms with Crippen molar-refractivity contribution in [1.29, 1.82) is 0 Å². The van der Waals surface area contributed by atoms with E-state index in [9.17, 15) is 0 Å². The highest BCUT2D eigenvalue weighted by molar-refractivity contribution is 6.34. The van der Waals surface area contributed by atoms with Gasteiger partial charge in [0.2, 0.25) is 0 Å². The van der Waals surface area contributed by atoms with E-state index >= 15 is 0 Å². The minimum Gasteiger partial charge on any atom is -0.440 e. The Morgan fingerprint density at radius 1 is 1.18 bits per heavy atom. The van der Waals surface area contributed by atoms with E-state index in [2.05, 4.69) is 9.97 Å². The summed E-state index contributed by atoms with van der Waals surface area (Å²) in [4.78, 5) is 8.80. The lowest BCUT2D eigenvalue weighted by molar-refractivity contribution is 0.535. The number of pyridine rings is 1. The van der Waals surface area contributed by atoms with Crippen LogP contribution in [-0.4, -0.2) is 9.97 Å². The van der Waals surface area contributed by atoms with Crippen molar-refractivity contribution in [2.45, 2.75) is 18.8 Å². The molecule has 0 atom stereocenters. The molecule has 1 fully saturated rings. The molecule has 17 heavy (non-hydrogen) atoms. The Bertz CT molecular complexity index is 731. The van der Waals surface area contributed by atoms with E-state index in [1.807, 2.05) is 24.3 Å². The van der Waals surface area contributed by atoms with Crippen LogP contribution in [0.3, 0.4) is 0 Å². The van der Waals surface area contributed by atoms with Gasteiger partial charge in [0.15, 0.2) is 16.6 Å². The van der Waals surface area contributed by atoms with Gasteiger partial charge < -0.3 is 4.42 Å². The van der Waals surface area contributed by atoms with Crippen LogP contribution in [0, 0.1) is 0 Å². The molecule has 2 heterocycles. The first kappa shape index (κ1) is 9.42. The molecule has 84 valence electrons. The van der Waals surface area contributed by atoms with E-state index in [1.165, 1.54) is 0 Å². The maximum atomic E-state index is 6.14. The Hall–Kier alpha value is -1.61. The second-order valence-corrected chi connectivity index (χ2v) is 4.78. The number of oxazole rings is 1. The van der Waals surface area contributed by atoms with Gasteiger partial charge in [0.05, 0.1) is 5.52 Å². The van der Waals surface area contributed by atoms with Gasteiger partial charge in [-0.1, -0.05) is 23.7 Å². The number of halogens is 1. The largest absolute Gasteiger partial charge is 0.440 e. The smallest absolute Gasteiger partial charge is 0.198 e. The van der Waals surface area contributed by atoms with Crippen molar-refractivity contribution in [2.75, 3.05) is 0 Å². The van der Waals surface area contributed by atoms with Crippen LogP contribution >= 0.6 is 11.6 Å². The van der Waals surface area contributed by atoms with Crippen LogP contribution in [0.15, 0.2) is 28.7 Å². The monoisotopic (exact) mass is 244 g/mol. The van der Waals surface area contributed by atoms with Crippen LogP contribution in [0.4, 0.5) is 0 Å².